The van der Waals surface area contributed by atoms with Crippen molar-refractivity contribution >= 4 is 11.3 Å². The summed E-state index contributed by atoms with van der Waals surface area (Å²) in [5.74, 6) is 0. The van der Waals surface area contributed by atoms with E-state index in [1.807, 2.05) is 0 Å². The van der Waals surface area contributed by atoms with E-state index in [-0.39, 0.29) is 0 Å². The fraction of sp³-hybridized carbons (Fsp3) is 0.304. The molecule has 0 unspecified atom stereocenters. The molecule has 124 valence electrons. The summed E-state index contributed by atoms with van der Waals surface area (Å²) < 4.78 is 0. The normalized spacial score (nSPS) is 13.8. The number of nitrogens with zero attached hydrogens (tertiary/aromatic N) is 1. The topological polar surface area (TPSA) is 3.24 Å². The van der Waals surface area contributed by atoms with Crippen LogP contribution < -0.4 is 4.90 Å². The second-order valence-corrected chi connectivity index (χ2v) is 7.07. The van der Waals surface area contributed by atoms with Crippen molar-refractivity contribution in [3.63, 3.8) is 0 Å². The van der Waals surface area contributed by atoms with Gasteiger partial charge in [0.2, 0.25) is 0 Å². The molecule has 0 atom stereocenters. The Morgan fingerprint density at radius 2 is 1.50 bits per heavy atom. The molecule has 1 heteroatoms. The molecule has 2 aromatic rings. The van der Waals surface area contributed by atoms with Crippen LogP contribution in [0.25, 0.3) is 16.7 Å². The molecule has 2 aromatic carbocycles. The Balaban J connectivity index is 2.27. The van der Waals surface area contributed by atoms with Gasteiger partial charge in [-0.25, -0.2) is 0 Å². The first-order chi connectivity index (χ1) is 11.4. The highest BCUT2D eigenvalue weighted by Crippen LogP contribution is 2.39. The number of allylic oxidation sites excluding steroid dienone is 4. The van der Waals surface area contributed by atoms with Crippen LogP contribution >= 0.6 is 0 Å². The molecule has 0 bridgehead atoms. The minimum atomic E-state index is 1.03. The van der Waals surface area contributed by atoms with Crippen LogP contribution in [0.3, 0.4) is 0 Å². The highest BCUT2D eigenvalue weighted by Gasteiger charge is 2.17. The summed E-state index contributed by atoms with van der Waals surface area (Å²) in [4.78, 5) is 2.18. The molecule has 1 nitrogen and oxygen atoms in total. The quantitative estimate of drug-likeness (QED) is 0.663. The van der Waals surface area contributed by atoms with Gasteiger partial charge in [-0.05, 0) is 90.8 Å². The van der Waals surface area contributed by atoms with Gasteiger partial charge in [0.25, 0.3) is 0 Å². The summed E-state index contributed by atoms with van der Waals surface area (Å²) in [6, 6.07) is 11.4. The lowest BCUT2D eigenvalue weighted by Crippen LogP contribution is -2.09. The molecule has 1 aliphatic carbocycles. The summed E-state index contributed by atoms with van der Waals surface area (Å²) in [7, 11) is 4.21. The smallest absolute Gasteiger partial charge is 0.0367 e. The second-order valence-electron chi connectivity index (χ2n) is 7.07. The zero-order valence-electron chi connectivity index (χ0n) is 15.7. The summed E-state index contributed by atoms with van der Waals surface area (Å²) in [6.45, 7) is 8.88. The van der Waals surface area contributed by atoms with Crippen LogP contribution in [0.1, 0.15) is 35.6 Å². The van der Waals surface area contributed by atoms with Crippen molar-refractivity contribution in [3.8, 4) is 11.1 Å². The highest BCUT2D eigenvalue weighted by molar-refractivity contribution is 5.88. The molecular weight excluding hydrogens is 290 g/mol. The molecule has 0 aliphatic heterocycles. The molecule has 0 radical (unpaired) electrons. The zero-order chi connectivity index (χ0) is 17.4. The Bertz CT molecular complexity index is 851. The SMILES string of the molecule is CC1=C(c2ccc(N(C)C)cc2-c2ccc(C)c(C)c2C)CC=C1. The van der Waals surface area contributed by atoms with Gasteiger partial charge in [-0.15, -0.1) is 0 Å². The Kier molecular flexibility index (Phi) is 4.36. The highest BCUT2D eigenvalue weighted by atomic mass is 15.1. The van der Waals surface area contributed by atoms with Gasteiger partial charge in [0.1, 0.15) is 0 Å². The molecule has 0 spiro atoms. The molecule has 0 aromatic heterocycles. The third-order valence-electron chi connectivity index (χ3n) is 5.36. The standard InChI is InChI=1S/C23H27N/c1-15-10-12-21(18(4)17(15)3)23-14-19(24(5)6)11-13-22(23)20-9-7-8-16(20)2/h7-8,10-14H,9H2,1-6H3. The van der Waals surface area contributed by atoms with E-state index in [1.54, 1.807) is 0 Å². The van der Waals surface area contributed by atoms with Gasteiger partial charge in [-0.2, -0.15) is 0 Å². The number of hydrogen-bond acceptors (Lipinski definition) is 1. The average Bonchev–Trinajstić information content (AvgIpc) is 2.98. The van der Waals surface area contributed by atoms with Gasteiger partial charge in [0.05, 0.1) is 0 Å². The predicted octanol–water partition coefficient (Wildman–Crippen LogP) is 6.08. The van der Waals surface area contributed by atoms with Crippen molar-refractivity contribution in [2.75, 3.05) is 19.0 Å². The Hall–Kier alpha value is -2.28. The van der Waals surface area contributed by atoms with Gasteiger partial charge < -0.3 is 4.90 Å². The van der Waals surface area contributed by atoms with Crippen LogP contribution in [0, 0.1) is 20.8 Å². The van der Waals surface area contributed by atoms with Crippen LogP contribution in [0.4, 0.5) is 5.69 Å². The Morgan fingerprint density at radius 1 is 0.792 bits per heavy atom. The van der Waals surface area contributed by atoms with E-state index in [0.717, 1.165) is 6.42 Å². The van der Waals surface area contributed by atoms with E-state index in [0.29, 0.717) is 0 Å². The fourth-order valence-corrected chi connectivity index (χ4v) is 3.48. The maximum absolute atomic E-state index is 2.34. The van der Waals surface area contributed by atoms with Gasteiger partial charge in [0, 0.05) is 19.8 Å². The number of hydrogen-bond donors (Lipinski definition) is 0. The molecule has 3 rings (SSSR count). The Morgan fingerprint density at radius 3 is 2.12 bits per heavy atom. The van der Waals surface area contributed by atoms with Gasteiger partial charge >= 0.3 is 0 Å². The third-order valence-corrected chi connectivity index (χ3v) is 5.36. The van der Waals surface area contributed by atoms with Crippen molar-refractivity contribution in [1.82, 2.24) is 0 Å². The van der Waals surface area contributed by atoms with Crippen LogP contribution in [-0.2, 0) is 0 Å². The van der Waals surface area contributed by atoms with Crippen LogP contribution in [-0.4, -0.2) is 14.1 Å². The lowest BCUT2D eigenvalue weighted by molar-refractivity contribution is 1.13. The van der Waals surface area contributed by atoms with E-state index in [4.69, 9.17) is 0 Å². The van der Waals surface area contributed by atoms with Crippen LogP contribution in [0.2, 0.25) is 0 Å². The number of rotatable bonds is 3. The van der Waals surface area contributed by atoms with E-state index >= 15 is 0 Å². The van der Waals surface area contributed by atoms with Crippen molar-refractivity contribution < 1.29 is 0 Å². The molecule has 1 aliphatic rings. The number of benzene rings is 2. The Labute approximate surface area is 146 Å². The van der Waals surface area contributed by atoms with E-state index < -0.39 is 0 Å². The molecule has 0 fully saturated rings. The monoisotopic (exact) mass is 317 g/mol. The zero-order valence-corrected chi connectivity index (χ0v) is 15.7. The van der Waals surface area contributed by atoms with Gasteiger partial charge in [-0.1, -0.05) is 30.4 Å². The molecule has 0 amide bonds. The summed E-state index contributed by atoms with van der Waals surface area (Å²) in [5, 5.41) is 0. The molecule has 24 heavy (non-hydrogen) atoms. The largest absolute Gasteiger partial charge is 0.378 e. The third kappa shape index (κ3) is 2.80. The first-order valence-electron chi connectivity index (χ1n) is 8.65. The summed E-state index contributed by atoms with van der Waals surface area (Å²) in [5.41, 5.74) is 12.3. The van der Waals surface area contributed by atoms with Crippen molar-refractivity contribution in [1.29, 1.82) is 0 Å². The first-order valence-corrected chi connectivity index (χ1v) is 8.65. The number of anilines is 1. The summed E-state index contributed by atoms with van der Waals surface area (Å²) in [6.07, 6.45) is 5.54. The first kappa shape index (κ1) is 16.6. The van der Waals surface area contributed by atoms with E-state index in [2.05, 4.69) is 89.2 Å². The molecule has 0 saturated carbocycles. The maximum Gasteiger partial charge on any atom is 0.0367 e. The van der Waals surface area contributed by atoms with Crippen molar-refractivity contribution in [2.45, 2.75) is 34.1 Å². The number of aryl methyl sites for hydroxylation is 1. The molecular formula is C23H27N. The van der Waals surface area contributed by atoms with Gasteiger partial charge in [0.15, 0.2) is 0 Å². The lowest BCUT2D eigenvalue weighted by Gasteiger charge is -2.20. The van der Waals surface area contributed by atoms with E-state index in [9.17, 15) is 0 Å². The predicted molar refractivity (Wildman–Crippen MR) is 107 cm³/mol. The molecule has 0 heterocycles. The molecule has 0 saturated heterocycles. The lowest BCUT2D eigenvalue weighted by atomic mass is 9.87. The average molecular weight is 317 g/mol. The van der Waals surface area contributed by atoms with E-state index in [1.165, 1.54) is 50.2 Å². The minimum Gasteiger partial charge on any atom is -0.378 e. The fourth-order valence-electron chi connectivity index (χ4n) is 3.48. The van der Waals surface area contributed by atoms with Crippen molar-refractivity contribution in [2.24, 2.45) is 0 Å². The molecule has 0 N–H and O–H groups in total. The summed E-state index contributed by atoms with van der Waals surface area (Å²) >= 11 is 0. The van der Waals surface area contributed by atoms with Gasteiger partial charge in [-0.3, -0.25) is 0 Å². The van der Waals surface area contributed by atoms with Crippen molar-refractivity contribution in [3.05, 3.63) is 70.3 Å². The van der Waals surface area contributed by atoms with Crippen LogP contribution in [0.15, 0.2) is 48.1 Å². The second kappa shape index (κ2) is 6.32. The van der Waals surface area contributed by atoms with Crippen LogP contribution in [0.5, 0.6) is 0 Å². The minimum absolute atomic E-state index is 1.03. The maximum atomic E-state index is 2.34.